The second-order valence-electron chi connectivity index (χ2n) is 1.43. The van der Waals surface area contributed by atoms with Crippen LogP contribution in [0.5, 0.6) is 0 Å². The van der Waals surface area contributed by atoms with Crippen LogP contribution in [0.25, 0.3) is 0 Å². The summed E-state index contributed by atoms with van der Waals surface area (Å²) in [5.74, 6) is 0. The number of hydrogen-bond acceptors (Lipinski definition) is 1. The second kappa shape index (κ2) is 1.69. The zero-order chi connectivity index (χ0) is 4.50. The molecule has 0 heterocycles. The van der Waals surface area contributed by atoms with E-state index in [-0.39, 0.29) is 0 Å². The van der Waals surface area contributed by atoms with Crippen molar-refractivity contribution < 1.29 is 18.8 Å². The van der Waals surface area contributed by atoms with Crippen molar-refractivity contribution in [3.8, 4) is 0 Å². The van der Waals surface area contributed by atoms with Crippen molar-refractivity contribution in [3.05, 3.63) is 0 Å². The van der Waals surface area contributed by atoms with E-state index in [2.05, 4.69) is 13.3 Å². The van der Waals surface area contributed by atoms with Crippen LogP contribution in [0.15, 0.2) is 0 Å². The Morgan fingerprint density at radius 2 is 1.60 bits per heavy atom. The fourth-order valence-corrected chi connectivity index (χ4v) is 0. The van der Waals surface area contributed by atoms with Crippen LogP contribution in [-0.2, 0) is 18.8 Å². The molecule has 0 aliphatic heterocycles. The van der Waals surface area contributed by atoms with Crippen LogP contribution in [-0.4, -0.2) is 13.3 Å². The van der Waals surface area contributed by atoms with Gasteiger partial charge in [0.2, 0.25) is 0 Å². The minimum atomic E-state index is -0.806. The van der Waals surface area contributed by atoms with Gasteiger partial charge in [-0.05, 0) is 0 Å². The van der Waals surface area contributed by atoms with Crippen LogP contribution in [0.4, 0.5) is 0 Å². The molecule has 0 fully saturated rings. The number of hydrogen-bond donors (Lipinski definition) is 1. The third kappa shape index (κ3) is 41.4. The van der Waals surface area contributed by atoms with E-state index in [1.54, 1.807) is 18.8 Å². The zero-order valence-corrected chi connectivity index (χ0v) is 7.26. The molecule has 0 bridgehead atoms. The van der Waals surface area contributed by atoms with E-state index in [1.165, 1.54) is 0 Å². The number of nitrogens with two attached hydrogens (primary N) is 1. The van der Waals surface area contributed by atoms with Gasteiger partial charge < -0.3 is 0 Å². The fourth-order valence-electron chi connectivity index (χ4n) is 0. The van der Waals surface area contributed by atoms with Gasteiger partial charge in [0, 0.05) is 0 Å². The molecular formula is C2H8NPW. The minimum absolute atomic E-state index is 0.806. The Balaban J connectivity index is 3.47. The van der Waals surface area contributed by atoms with Gasteiger partial charge in [0.15, 0.2) is 0 Å². The molecule has 0 saturated carbocycles. The average molecular weight is 261 g/mol. The van der Waals surface area contributed by atoms with Crippen LogP contribution in [0.2, 0.25) is 0 Å². The Kier molecular flexibility index (Phi) is 2.05. The van der Waals surface area contributed by atoms with Gasteiger partial charge in [-0.15, -0.1) is 0 Å². The Labute approximate surface area is 43.1 Å². The van der Waals surface area contributed by atoms with E-state index in [1.807, 2.05) is 0 Å². The van der Waals surface area contributed by atoms with Crippen LogP contribution >= 0.6 is 5.05 Å². The van der Waals surface area contributed by atoms with Crippen molar-refractivity contribution in [2.75, 3.05) is 13.3 Å². The average Bonchev–Trinajstić information content (AvgIpc) is 0.722. The summed E-state index contributed by atoms with van der Waals surface area (Å²) in [6.07, 6.45) is 0. The molecule has 32 valence electrons. The van der Waals surface area contributed by atoms with E-state index < -0.39 is 5.05 Å². The molecule has 0 aliphatic rings. The SMILES string of the molecule is C[P](C)(N)=[W]. The molecule has 0 aromatic carbocycles. The summed E-state index contributed by atoms with van der Waals surface area (Å²) < 4.78 is 0. The summed E-state index contributed by atoms with van der Waals surface area (Å²) in [7, 11) is 0. The van der Waals surface area contributed by atoms with Crippen molar-refractivity contribution in [1.82, 2.24) is 0 Å². The number of rotatable bonds is 0. The molecule has 0 rings (SSSR count). The standard InChI is InChI=1S/C2H8NP.W/c1-4(2)3;/h3H2,1-2H3;. The summed E-state index contributed by atoms with van der Waals surface area (Å²) in [4.78, 5) is 0. The molecule has 0 aliphatic carbocycles. The van der Waals surface area contributed by atoms with E-state index in [4.69, 9.17) is 5.50 Å². The van der Waals surface area contributed by atoms with Gasteiger partial charge in [-0.2, -0.15) is 0 Å². The zero-order valence-electron chi connectivity index (χ0n) is 3.43. The first-order valence-corrected chi connectivity index (χ1v) is 7.94. The van der Waals surface area contributed by atoms with Gasteiger partial charge in [-0.1, -0.05) is 0 Å². The van der Waals surface area contributed by atoms with Crippen molar-refractivity contribution >= 4 is 5.05 Å². The Hall–Kier alpha value is 1.08. The van der Waals surface area contributed by atoms with E-state index in [0.717, 1.165) is 0 Å². The third-order valence-corrected chi connectivity index (χ3v) is 0. The van der Waals surface area contributed by atoms with Gasteiger partial charge >= 0.3 is 42.7 Å². The first-order chi connectivity index (χ1) is 2.00. The van der Waals surface area contributed by atoms with E-state index in [0.29, 0.717) is 0 Å². The molecule has 0 aromatic heterocycles. The molecule has 0 atom stereocenters. The fraction of sp³-hybridized carbons (Fsp3) is 1.00. The molecule has 3 heteroatoms. The van der Waals surface area contributed by atoms with Crippen LogP contribution in [0.3, 0.4) is 0 Å². The van der Waals surface area contributed by atoms with Gasteiger partial charge in [0.25, 0.3) is 0 Å². The summed E-state index contributed by atoms with van der Waals surface area (Å²) in [6.45, 7) is 4.23. The molecular weight excluding hydrogens is 253 g/mol. The predicted octanol–water partition coefficient (Wildman–Crippen LogP) is 0.599. The summed E-state index contributed by atoms with van der Waals surface area (Å²) >= 11 is 1.55. The Morgan fingerprint density at radius 1 is 1.60 bits per heavy atom. The Morgan fingerprint density at radius 3 is 1.60 bits per heavy atom. The van der Waals surface area contributed by atoms with Crippen LogP contribution < -0.4 is 5.50 Å². The molecule has 0 saturated heterocycles. The molecule has 0 radical (unpaired) electrons. The Bertz CT molecular complexity index is 55.8. The van der Waals surface area contributed by atoms with E-state index >= 15 is 0 Å². The van der Waals surface area contributed by atoms with Crippen LogP contribution in [0.1, 0.15) is 0 Å². The molecule has 0 aromatic rings. The maximum atomic E-state index is 5.50. The topological polar surface area (TPSA) is 26.0 Å². The van der Waals surface area contributed by atoms with Gasteiger partial charge in [0.05, 0.1) is 0 Å². The molecule has 0 amide bonds. The summed E-state index contributed by atoms with van der Waals surface area (Å²) in [5, 5.41) is -0.806. The van der Waals surface area contributed by atoms with Crippen molar-refractivity contribution in [2.45, 2.75) is 0 Å². The monoisotopic (exact) mass is 261 g/mol. The molecule has 0 unspecified atom stereocenters. The molecule has 2 N–H and O–H groups in total. The summed E-state index contributed by atoms with van der Waals surface area (Å²) in [6, 6.07) is 0. The van der Waals surface area contributed by atoms with Gasteiger partial charge in [0.1, 0.15) is 0 Å². The quantitative estimate of drug-likeness (QED) is 0.635. The summed E-state index contributed by atoms with van der Waals surface area (Å²) in [5.41, 5.74) is 5.50. The van der Waals surface area contributed by atoms with Gasteiger partial charge in [-0.3, -0.25) is 0 Å². The van der Waals surface area contributed by atoms with Gasteiger partial charge in [-0.25, -0.2) is 0 Å². The maximum absolute atomic E-state index is 5.50. The first-order valence-electron chi connectivity index (χ1n) is 1.34. The third-order valence-electron chi connectivity index (χ3n) is 0. The van der Waals surface area contributed by atoms with E-state index in [9.17, 15) is 0 Å². The molecule has 1 nitrogen and oxygen atoms in total. The van der Waals surface area contributed by atoms with Crippen molar-refractivity contribution in [1.29, 1.82) is 0 Å². The molecule has 0 spiro atoms. The normalized spacial score (nSPS) is 11.8. The van der Waals surface area contributed by atoms with Crippen molar-refractivity contribution in [3.63, 3.8) is 0 Å². The second-order valence-corrected chi connectivity index (χ2v) is 14.4. The molecule has 5 heavy (non-hydrogen) atoms. The first kappa shape index (κ1) is 6.08. The predicted molar refractivity (Wildman–Crippen MR) is 23.0 cm³/mol. The van der Waals surface area contributed by atoms with Crippen LogP contribution in [0, 0.1) is 0 Å². The van der Waals surface area contributed by atoms with Crippen molar-refractivity contribution in [2.24, 2.45) is 5.50 Å².